The van der Waals surface area contributed by atoms with E-state index in [1.807, 2.05) is 13.6 Å². The number of hydrogen-bond acceptors (Lipinski definition) is 17. The monoisotopic (exact) mass is 438 g/mol. The number of anilines is 6. The summed E-state index contributed by atoms with van der Waals surface area (Å²) in [5.74, 6) is 0.250. The van der Waals surface area contributed by atoms with Gasteiger partial charge in [-0.2, -0.15) is 29.9 Å². The van der Waals surface area contributed by atoms with Gasteiger partial charge in [-0.05, 0) is 0 Å². The zero-order valence-corrected chi connectivity index (χ0v) is 19.8. The molecule has 0 aliphatic heterocycles. The van der Waals surface area contributed by atoms with Crippen molar-refractivity contribution in [3.8, 4) is 0 Å². The molecule has 0 aliphatic carbocycles. The van der Waals surface area contributed by atoms with Gasteiger partial charge in [0.1, 0.15) is 13.6 Å². The molecule has 0 amide bonds. The molecule has 12 N–H and O–H groups in total. The summed E-state index contributed by atoms with van der Waals surface area (Å²) in [6.07, 6.45) is 0. The molecular formula is C8H16N12Na2O5S. The first-order valence-electron chi connectivity index (χ1n) is 5.49. The first-order chi connectivity index (χ1) is 12.1. The second-order valence-corrected chi connectivity index (χ2v) is 3.43. The Hall–Kier alpha value is -1.77. The summed E-state index contributed by atoms with van der Waals surface area (Å²) in [5.41, 5.74) is 30.8. The third-order valence-electron chi connectivity index (χ3n) is 1.37. The van der Waals surface area contributed by atoms with Gasteiger partial charge in [-0.15, -0.1) is 11.4 Å². The number of nitrogens with zero attached hydrogens (tertiary/aromatic N) is 6. The molecular weight excluding hydrogens is 422 g/mol. The van der Waals surface area contributed by atoms with Crippen molar-refractivity contribution in [3.05, 3.63) is 0 Å². The summed E-state index contributed by atoms with van der Waals surface area (Å²) in [6, 6.07) is 0. The van der Waals surface area contributed by atoms with Crippen LogP contribution in [0.5, 0.6) is 0 Å². The van der Waals surface area contributed by atoms with Crippen molar-refractivity contribution in [2.24, 2.45) is 0 Å². The van der Waals surface area contributed by atoms with Crippen LogP contribution in [0.4, 0.5) is 35.7 Å². The molecule has 0 fully saturated rings. The van der Waals surface area contributed by atoms with Crippen LogP contribution in [0.2, 0.25) is 0 Å². The van der Waals surface area contributed by atoms with Crippen molar-refractivity contribution in [1.29, 1.82) is 0 Å². The van der Waals surface area contributed by atoms with Gasteiger partial charge in [0.25, 0.3) is 0 Å². The fourth-order valence-electron chi connectivity index (χ4n) is 0.854. The Bertz CT molecular complexity index is 530. The summed E-state index contributed by atoms with van der Waals surface area (Å²) >= 11 is -3.11. The predicted octanol–water partition coefficient (Wildman–Crippen LogP) is -10.1. The summed E-state index contributed by atoms with van der Waals surface area (Å²) < 4.78 is 25.3. The summed E-state index contributed by atoms with van der Waals surface area (Å²) in [4.78, 5) is 36.9. The predicted molar refractivity (Wildman–Crippen MR) is 90.1 cm³/mol. The normalized spacial score (nSPS) is 7.54. The third kappa shape index (κ3) is 26.5. The molecule has 2 heterocycles. The van der Waals surface area contributed by atoms with E-state index in [0.29, 0.717) is 0 Å². The Balaban J connectivity index is -0.0000000881. The van der Waals surface area contributed by atoms with Gasteiger partial charge in [0, 0.05) is 0 Å². The standard InChI is InChI=1S/2C3H6N6.2CH2O.2Na.H2O3S/c2*4-1-7-2(5)9-3(6)8-1;2*1-2;;;1-4(2)3/h2*(H6,4,5,6,7,8,9);2*1H2;;;(H2,1,2,3)/q;;;;2*+1;/p-2. The van der Waals surface area contributed by atoms with E-state index < -0.39 is 11.4 Å². The van der Waals surface area contributed by atoms with Crippen LogP contribution in [0, 0.1) is 0 Å². The fraction of sp³-hybridized carbons (Fsp3) is 0. The molecule has 0 spiro atoms. The van der Waals surface area contributed by atoms with Crippen LogP contribution in [0.15, 0.2) is 0 Å². The second kappa shape index (κ2) is 23.3. The van der Waals surface area contributed by atoms with Gasteiger partial charge in [0.05, 0.1) is 0 Å². The molecule has 0 saturated heterocycles. The van der Waals surface area contributed by atoms with Gasteiger partial charge < -0.3 is 53.1 Å². The van der Waals surface area contributed by atoms with Crippen molar-refractivity contribution < 1.29 is 82.0 Å². The maximum Gasteiger partial charge on any atom is 1.00 e. The van der Waals surface area contributed by atoms with E-state index in [4.69, 9.17) is 57.3 Å². The summed E-state index contributed by atoms with van der Waals surface area (Å²) in [5, 5.41) is 0. The molecule has 0 aliphatic rings. The number of nitrogens with two attached hydrogens (primary N) is 6. The molecule has 20 heteroatoms. The number of carbonyl (C=O) groups is 2. The molecule has 146 valence electrons. The van der Waals surface area contributed by atoms with Crippen molar-refractivity contribution in [1.82, 2.24) is 29.9 Å². The summed E-state index contributed by atoms with van der Waals surface area (Å²) in [6.45, 7) is 4.00. The fourth-order valence-corrected chi connectivity index (χ4v) is 0.854. The largest absolute Gasteiger partial charge is 1.00 e. The molecule has 0 unspecified atom stereocenters. The molecule has 0 atom stereocenters. The second-order valence-electron chi connectivity index (χ2n) is 3.02. The Morgan fingerprint density at radius 1 is 0.536 bits per heavy atom. The molecule has 0 aromatic carbocycles. The number of nitrogen functional groups attached to an aromatic ring is 6. The number of hydrogen-bond donors (Lipinski definition) is 6. The minimum atomic E-state index is -3.11. The van der Waals surface area contributed by atoms with Crippen LogP contribution in [-0.2, 0) is 21.0 Å². The van der Waals surface area contributed by atoms with E-state index in [1.54, 1.807) is 0 Å². The first-order valence-corrected chi connectivity index (χ1v) is 6.49. The van der Waals surface area contributed by atoms with E-state index in [2.05, 4.69) is 29.9 Å². The van der Waals surface area contributed by atoms with Crippen LogP contribution in [0.1, 0.15) is 0 Å². The van der Waals surface area contributed by atoms with Crippen LogP contribution in [-0.4, -0.2) is 56.8 Å². The topological polar surface area (TPSA) is 331 Å². The average Bonchev–Trinajstić information content (AvgIpc) is 2.48. The third-order valence-corrected chi connectivity index (χ3v) is 1.37. The summed E-state index contributed by atoms with van der Waals surface area (Å²) in [7, 11) is 0. The average molecular weight is 438 g/mol. The van der Waals surface area contributed by atoms with E-state index in [9.17, 15) is 0 Å². The minimum absolute atomic E-state index is 0. The van der Waals surface area contributed by atoms with Gasteiger partial charge in [0.15, 0.2) is 0 Å². The Morgan fingerprint density at radius 3 is 0.679 bits per heavy atom. The molecule has 28 heavy (non-hydrogen) atoms. The van der Waals surface area contributed by atoms with Crippen molar-refractivity contribution in [2.45, 2.75) is 0 Å². The smallest absolute Gasteiger partial charge is 0.784 e. The van der Waals surface area contributed by atoms with Crippen molar-refractivity contribution in [3.63, 3.8) is 0 Å². The van der Waals surface area contributed by atoms with E-state index in [0.717, 1.165) is 0 Å². The Labute approximate surface area is 205 Å². The molecule has 2 aromatic rings. The SMILES string of the molecule is C=O.C=O.Nc1nc(N)nc(N)n1.Nc1nc(N)nc(N)n1.O=S([O-])[O-].[Na+].[Na+]. The van der Waals surface area contributed by atoms with Crippen LogP contribution < -0.4 is 93.5 Å². The maximum atomic E-state index is 8.44. The number of carbonyl (C=O) groups excluding carboxylic acids is 2. The van der Waals surface area contributed by atoms with Crippen LogP contribution in [0.3, 0.4) is 0 Å². The van der Waals surface area contributed by atoms with Gasteiger partial charge in [-0.25, -0.2) is 0 Å². The maximum absolute atomic E-state index is 8.44. The van der Waals surface area contributed by atoms with Gasteiger partial charge >= 0.3 is 59.1 Å². The van der Waals surface area contributed by atoms with Crippen molar-refractivity contribution >= 4 is 60.6 Å². The van der Waals surface area contributed by atoms with Crippen LogP contribution in [0.25, 0.3) is 0 Å². The molecule has 17 nitrogen and oxygen atoms in total. The zero-order valence-electron chi connectivity index (χ0n) is 15.0. The van der Waals surface area contributed by atoms with Gasteiger partial charge in [-0.1, -0.05) is 0 Å². The molecule has 2 rings (SSSR count). The van der Waals surface area contributed by atoms with Gasteiger partial charge in [0.2, 0.25) is 35.7 Å². The Morgan fingerprint density at radius 2 is 0.607 bits per heavy atom. The van der Waals surface area contributed by atoms with E-state index >= 15 is 0 Å². The molecule has 0 saturated carbocycles. The van der Waals surface area contributed by atoms with E-state index in [-0.39, 0.29) is 94.8 Å². The zero-order chi connectivity index (χ0) is 21.3. The van der Waals surface area contributed by atoms with Gasteiger partial charge in [-0.3, -0.25) is 4.21 Å². The van der Waals surface area contributed by atoms with Crippen molar-refractivity contribution in [2.75, 3.05) is 34.4 Å². The number of aromatic nitrogens is 6. The molecule has 0 radical (unpaired) electrons. The molecule has 2 aromatic heterocycles. The van der Waals surface area contributed by atoms with E-state index in [1.165, 1.54) is 0 Å². The quantitative estimate of drug-likeness (QED) is 0.164. The first kappa shape index (κ1) is 37.0. The Kier molecular flexibility index (Phi) is 30.8. The minimum Gasteiger partial charge on any atom is -0.784 e. The molecule has 0 bridgehead atoms. The van der Waals surface area contributed by atoms with Crippen LogP contribution >= 0.6 is 0 Å². The number of rotatable bonds is 0.